The van der Waals surface area contributed by atoms with Crippen LogP contribution in [0.25, 0.3) is 0 Å². The summed E-state index contributed by atoms with van der Waals surface area (Å²) in [6, 6.07) is 8.26. The van der Waals surface area contributed by atoms with Crippen molar-refractivity contribution in [2.45, 2.75) is 129 Å². The van der Waals surface area contributed by atoms with Gasteiger partial charge in [0.25, 0.3) is 0 Å². The predicted molar refractivity (Wildman–Crippen MR) is 156 cm³/mol. The predicted octanol–water partition coefficient (Wildman–Crippen LogP) is 9.78. The summed E-state index contributed by atoms with van der Waals surface area (Å²) in [5.74, 6) is 0.318. The third-order valence-corrected chi connectivity index (χ3v) is 14.3. The molecular formula is C32H46ClNO2Si. The largest absolute Gasteiger partial charge is 0.410 e. The highest BCUT2D eigenvalue weighted by molar-refractivity contribution is 6.74. The quantitative estimate of drug-likeness (QED) is 0.362. The summed E-state index contributed by atoms with van der Waals surface area (Å²) >= 11 is 6.29. The molecule has 2 atom stereocenters. The normalized spacial score (nSPS) is 24.5. The fourth-order valence-corrected chi connectivity index (χ4v) is 8.05. The van der Waals surface area contributed by atoms with Crippen LogP contribution in [-0.2, 0) is 21.2 Å². The third-order valence-electron chi connectivity index (χ3n) is 9.52. The molecule has 1 aliphatic heterocycles. The summed E-state index contributed by atoms with van der Waals surface area (Å²) in [7, 11) is -2.01. The maximum atomic E-state index is 7.32. The molecule has 5 heteroatoms. The molecule has 3 nitrogen and oxygen atoms in total. The van der Waals surface area contributed by atoms with E-state index in [2.05, 4.69) is 73.7 Å². The topological polar surface area (TPSA) is 31.4 Å². The molecule has 0 amide bonds. The maximum Gasteiger partial charge on any atom is 0.192 e. The zero-order valence-corrected chi connectivity index (χ0v) is 26.2. The molecule has 2 aliphatic carbocycles. The monoisotopic (exact) mass is 539 g/mol. The van der Waals surface area contributed by atoms with Gasteiger partial charge in [0, 0.05) is 27.5 Å². The van der Waals surface area contributed by atoms with Crippen LogP contribution in [0.3, 0.4) is 0 Å². The molecule has 0 saturated heterocycles. The zero-order chi connectivity index (χ0) is 27.0. The number of pyridine rings is 1. The van der Waals surface area contributed by atoms with Crippen molar-refractivity contribution >= 4 is 19.9 Å². The molecular weight excluding hydrogens is 494 g/mol. The third kappa shape index (κ3) is 4.75. The summed E-state index contributed by atoms with van der Waals surface area (Å²) in [4.78, 5) is 5.50. The number of benzene rings is 1. The van der Waals surface area contributed by atoms with Crippen LogP contribution in [0.1, 0.15) is 132 Å². The van der Waals surface area contributed by atoms with E-state index in [4.69, 9.17) is 25.7 Å². The number of halogens is 1. The van der Waals surface area contributed by atoms with Gasteiger partial charge < -0.3 is 9.16 Å². The Morgan fingerprint density at radius 2 is 1.68 bits per heavy atom. The number of ether oxygens (including phenoxy) is 1. The second-order valence-electron chi connectivity index (χ2n) is 14.5. The Hall–Kier alpha value is -1.20. The van der Waals surface area contributed by atoms with Gasteiger partial charge in [0.2, 0.25) is 0 Å². The first kappa shape index (κ1) is 27.4. The first-order valence-corrected chi connectivity index (χ1v) is 17.6. The van der Waals surface area contributed by atoms with Crippen molar-refractivity contribution in [2.75, 3.05) is 0 Å². The fraction of sp³-hybridized carbons (Fsp3) is 0.656. The Labute approximate surface area is 230 Å². The maximum absolute atomic E-state index is 7.32. The summed E-state index contributed by atoms with van der Waals surface area (Å²) in [5.41, 5.74) is 7.69. The van der Waals surface area contributed by atoms with E-state index in [9.17, 15) is 0 Å². The minimum atomic E-state index is -2.01. The van der Waals surface area contributed by atoms with Gasteiger partial charge in [-0.15, -0.1) is 0 Å². The first-order chi connectivity index (χ1) is 17.1. The minimum absolute atomic E-state index is 0.0622. The average molecular weight is 540 g/mol. The molecule has 1 spiro atoms. The average Bonchev–Trinajstić information content (AvgIpc) is 3.37. The van der Waals surface area contributed by atoms with Crippen LogP contribution in [0.15, 0.2) is 24.3 Å². The Morgan fingerprint density at radius 3 is 2.24 bits per heavy atom. The van der Waals surface area contributed by atoms with Crippen molar-refractivity contribution in [3.05, 3.63) is 62.9 Å². The summed E-state index contributed by atoms with van der Waals surface area (Å²) in [6.07, 6.45) is 6.55. The molecule has 202 valence electrons. The Bertz CT molecular complexity index is 1170. The summed E-state index contributed by atoms with van der Waals surface area (Å²) in [5, 5.41) is 0.909. The molecule has 1 aromatic heterocycles. The standard InChI is InChI=1S/C32H46ClNO2Si/c1-20(2)28-26-27(32(16-10-11-17-32)35-29(26)21-12-14-22(33)15-13-21)25-23(34-28)18-31(6,7)19-24(25)36-37(8,9)30(3,4)5/h12-15,20,24,29H,10-11,16-19H2,1-9H3. The van der Waals surface area contributed by atoms with Crippen LogP contribution in [-0.4, -0.2) is 13.3 Å². The van der Waals surface area contributed by atoms with E-state index >= 15 is 0 Å². The highest BCUT2D eigenvalue weighted by atomic mass is 35.5. The number of rotatable bonds is 4. The molecule has 2 unspecified atom stereocenters. The van der Waals surface area contributed by atoms with E-state index in [0.29, 0.717) is 5.92 Å². The Kier molecular flexibility index (Phi) is 6.79. The first-order valence-electron chi connectivity index (χ1n) is 14.3. The summed E-state index contributed by atoms with van der Waals surface area (Å²) in [6.45, 7) is 21.2. The number of aromatic nitrogens is 1. The molecule has 1 aromatic carbocycles. The Morgan fingerprint density at radius 1 is 1.05 bits per heavy atom. The lowest BCUT2D eigenvalue weighted by atomic mass is 9.70. The van der Waals surface area contributed by atoms with Gasteiger partial charge in [-0.3, -0.25) is 4.98 Å². The van der Waals surface area contributed by atoms with Crippen molar-refractivity contribution < 1.29 is 9.16 Å². The van der Waals surface area contributed by atoms with Gasteiger partial charge in [-0.1, -0.05) is 85.0 Å². The second kappa shape index (κ2) is 9.18. The number of nitrogens with zero attached hydrogens (tertiary/aromatic N) is 1. The van der Waals surface area contributed by atoms with Gasteiger partial charge in [0.15, 0.2) is 8.32 Å². The van der Waals surface area contributed by atoms with Gasteiger partial charge in [-0.25, -0.2) is 0 Å². The molecule has 2 aromatic rings. The van der Waals surface area contributed by atoms with E-state index < -0.39 is 8.32 Å². The van der Waals surface area contributed by atoms with E-state index in [0.717, 1.165) is 30.7 Å². The van der Waals surface area contributed by atoms with Crippen molar-refractivity contribution in [3.63, 3.8) is 0 Å². The lowest BCUT2D eigenvalue weighted by Gasteiger charge is -2.45. The van der Waals surface area contributed by atoms with Crippen LogP contribution in [0.5, 0.6) is 0 Å². The van der Waals surface area contributed by atoms with Crippen molar-refractivity contribution in [3.8, 4) is 0 Å². The van der Waals surface area contributed by atoms with E-state index in [1.54, 1.807) is 0 Å². The van der Waals surface area contributed by atoms with Crippen LogP contribution in [0.4, 0.5) is 0 Å². The smallest absolute Gasteiger partial charge is 0.192 e. The van der Waals surface area contributed by atoms with Crippen LogP contribution < -0.4 is 0 Å². The Balaban J connectivity index is 1.78. The molecule has 0 bridgehead atoms. The van der Waals surface area contributed by atoms with Gasteiger partial charge in [0.1, 0.15) is 6.10 Å². The van der Waals surface area contributed by atoms with Crippen molar-refractivity contribution in [1.29, 1.82) is 0 Å². The molecule has 1 saturated carbocycles. The molecule has 37 heavy (non-hydrogen) atoms. The van der Waals surface area contributed by atoms with Gasteiger partial charge in [-0.05, 0) is 78.4 Å². The highest BCUT2D eigenvalue weighted by Crippen LogP contribution is 2.60. The highest BCUT2D eigenvalue weighted by Gasteiger charge is 2.54. The molecule has 0 radical (unpaired) electrons. The zero-order valence-electron chi connectivity index (χ0n) is 24.4. The lowest BCUT2D eigenvalue weighted by molar-refractivity contribution is -0.0579. The van der Waals surface area contributed by atoms with Crippen LogP contribution >= 0.6 is 11.6 Å². The van der Waals surface area contributed by atoms with E-state index in [1.807, 2.05) is 12.1 Å². The second-order valence-corrected chi connectivity index (χ2v) is 19.7. The van der Waals surface area contributed by atoms with Gasteiger partial charge in [0.05, 0.1) is 11.7 Å². The molecule has 3 aliphatic rings. The number of hydrogen-bond acceptors (Lipinski definition) is 3. The molecule has 1 fully saturated rings. The molecule has 0 N–H and O–H groups in total. The summed E-state index contributed by atoms with van der Waals surface area (Å²) < 4.78 is 14.5. The van der Waals surface area contributed by atoms with E-state index in [-0.39, 0.29) is 28.3 Å². The molecule has 5 rings (SSSR count). The van der Waals surface area contributed by atoms with Crippen molar-refractivity contribution in [1.82, 2.24) is 4.98 Å². The minimum Gasteiger partial charge on any atom is -0.410 e. The molecule has 2 heterocycles. The lowest BCUT2D eigenvalue weighted by Crippen LogP contribution is -2.44. The SMILES string of the molecule is CC(C)c1nc2c(c3c1C(c1ccc(Cl)cc1)OC31CCCC1)C(O[Si](C)(C)C(C)(C)C)CC(C)(C)C2. The van der Waals surface area contributed by atoms with Crippen LogP contribution in [0, 0.1) is 5.41 Å². The number of fused-ring (bicyclic) bond motifs is 4. The number of hydrogen-bond donors (Lipinski definition) is 0. The van der Waals surface area contributed by atoms with Crippen molar-refractivity contribution in [2.24, 2.45) is 5.41 Å². The van der Waals surface area contributed by atoms with Gasteiger partial charge in [-0.2, -0.15) is 0 Å². The van der Waals surface area contributed by atoms with E-state index in [1.165, 1.54) is 46.5 Å². The fourth-order valence-electron chi connectivity index (χ4n) is 6.65. The van der Waals surface area contributed by atoms with Gasteiger partial charge >= 0.3 is 0 Å². The van der Waals surface area contributed by atoms with Crippen LogP contribution in [0.2, 0.25) is 23.2 Å².